The van der Waals surface area contributed by atoms with Crippen molar-refractivity contribution in [2.45, 2.75) is 32.7 Å². The van der Waals surface area contributed by atoms with Gasteiger partial charge in [0.05, 0.1) is 15.6 Å². The molecule has 3 nitrogen and oxygen atoms in total. The van der Waals surface area contributed by atoms with E-state index in [1.54, 1.807) is 12.1 Å². The molecule has 1 unspecified atom stereocenters. The number of nitrogens with zero attached hydrogens (tertiary/aromatic N) is 2. The van der Waals surface area contributed by atoms with Gasteiger partial charge in [-0.2, -0.15) is 0 Å². The fourth-order valence-corrected chi connectivity index (χ4v) is 3.51. The molecule has 3 rings (SSSR count). The van der Waals surface area contributed by atoms with E-state index in [9.17, 15) is 0 Å². The average molecular weight is 322 g/mol. The minimum absolute atomic E-state index is 0.0143. The molecule has 0 amide bonds. The molecule has 0 saturated heterocycles. The highest BCUT2D eigenvalue weighted by atomic mass is 35.5. The van der Waals surface area contributed by atoms with Crippen LogP contribution in [0, 0.1) is 5.41 Å². The molecule has 0 spiro atoms. The Labute approximate surface area is 134 Å². The highest BCUT2D eigenvalue weighted by Crippen LogP contribution is 2.40. The number of halogens is 2. The van der Waals surface area contributed by atoms with Crippen LogP contribution in [0.3, 0.4) is 0 Å². The lowest BCUT2D eigenvalue weighted by atomic mass is 9.74. The Morgan fingerprint density at radius 1 is 1.24 bits per heavy atom. The number of hydrogen-bond donors (Lipinski definition) is 1. The fraction of sp³-hybridized carbons (Fsp3) is 0.375. The van der Waals surface area contributed by atoms with E-state index >= 15 is 0 Å². The maximum Gasteiger partial charge on any atom is 0.162 e. The van der Waals surface area contributed by atoms with Crippen LogP contribution < -0.4 is 5.73 Å². The van der Waals surface area contributed by atoms with Crippen LogP contribution in [0.2, 0.25) is 10.0 Å². The molecule has 0 saturated carbocycles. The van der Waals surface area contributed by atoms with E-state index < -0.39 is 0 Å². The van der Waals surface area contributed by atoms with Gasteiger partial charge in [-0.25, -0.2) is 9.97 Å². The van der Waals surface area contributed by atoms with Crippen LogP contribution in [-0.2, 0) is 6.42 Å². The van der Waals surface area contributed by atoms with Crippen molar-refractivity contribution < 1.29 is 0 Å². The van der Waals surface area contributed by atoms with Crippen molar-refractivity contribution in [2.75, 3.05) is 0 Å². The third kappa shape index (κ3) is 2.78. The molecular formula is C16H17Cl2N3. The maximum atomic E-state index is 6.24. The quantitative estimate of drug-likeness (QED) is 0.845. The standard InChI is InChI=1S/C16H17Cl2N3/c1-16(2)6-12(19)9-8-20-15(21-13(9)7-16)14-10(17)4-3-5-11(14)18/h3-5,8,12H,6-7,19H2,1-2H3. The van der Waals surface area contributed by atoms with Crippen molar-refractivity contribution in [1.82, 2.24) is 9.97 Å². The SMILES string of the molecule is CC1(C)Cc2nc(-c3c(Cl)cccc3Cl)ncc2C(N)C1. The molecule has 0 fully saturated rings. The van der Waals surface area contributed by atoms with Gasteiger partial charge in [-0.15, -0.1) is 0 Å². The first-order valence-corrected chi connectivity index (χ1v) is 7.69. The first-order chi connectivity index (χ1) is 9.87. The van der Waals surface area contributed by atoms with Gasteiger partial charge in [0.1, 0.15) is 0 Å². The molecule has 0 aliphatic heterocycles. The molecule has 1 heterocycles. The molecule has 1 aliphatic rings. The van der Waals surface area contributed by atoms with Gasteiger partial charge in [-0.3, -0.25) is 0 Å². The summed E-state index contributed by atoms with van der Waals surface area (Å²) in [5.41, 5.74) is 9.09. The minimum atomic E-state index is -0.0143. The molecule has 1 atom stereocenters. The molecule has 110 valence electrons. The van der Waals surface area contributed by atoms with Crippen LogP contribution in [0.15, 0.2) is 24.4 Å². The largest absolute Gasteiger partial charge is 0.324 e. The Bertz CT molecular complexity index is 678. The molecule has 21 heavy (non-hydrogen) atoms. The highest BCUT2D eigenvalue weighted by Gasteiger charge is 2.32. The Balaban J connectivity index is 2.12. The zero-order valence-electron chi connectivity index (χ0n) is 12.0. The van der Waals surface area contributed by atoms with E-state index in [0.717, 1.165) is 24.1 Å². The van der Waals surface area contributed by atoms with E-state index in [1.165, 1.54) is 0 Å². The second kappa shape index (κ2) is 5.24. The summed E-state index contributed by atoms with van der Waals surface area (Å²) >= 11 is 12.5. The second-order valence-corrected chi connectivity index (χ2v) is 7.16. The number of fused-ring (bicyclic) bond motifs is 1. The molecular weight excluding hydrogens is 305 g/mol. The normalized spacial score (nSPS) is 20.1. The van der Waals surface area contributed by atoms with E-state index in [2.05, 4.69) is 18.8 Å². The summed E-state index contributed by atoms with van der Waals surface area (Å²) in [6.45, 7) is 4.42. The lowest BCUT2D eigenvalue weighted by Gasteiger charge is -2.34. The van der Waals surface area contributed by atoms with Crippen molar-refractivity contribution in [3.63, 3.8) is 0 Å². The van der Waals surface area contributed by atoms with Crippen LogP contribution in [0.1, 0.15) is 37.6 Å². The number of nitrogens with two attached hydrogens (primary N) is 1. The molecule has 1 aliphatic carbocycles. The van der Waals surface area contributed by atoms with Gasteiger partial charge in [0.2, 0.25) is 0 Å². The summed E-state index contributed by atoms with van der Waals surface area (Å²) in [7, 11) is 0. The third-order valence-electron chi connectivity index (χ3n) is 3.90. The van der Waals surface area contributed by atoms with Crippen LogP contribution >= 0.6 is 23.2 Å². The van der Waals surface area contributed by atoms with Crippen LogP contribution in [0.25, 0.3) is 11.4 Å². The minimum Gasteiger partial charge on any atom is -0.324 e. The van der Waals surface area contributed by atoms with Gasteiger partial charge in [-0.1, -0.05) is 43.1 Å². The Kier molecular flexibility index (Phi) is 3.68. The first-order valence-electron chi connectivity index (χ1n) is 6.93. The molecule has 0 bridgehead atoms. The van der Waals surface area contributed by atoms with Crippen LogP contribution in [0.5, 0.6) is 0 Å². The predicted molar refractivity (Wildman–Crippen MR) is 86.5 cm³/mol. The molecule has 2 aromatic rings. The van der Waals surface area contributed by atoms with Crippen molar-refractivity contribution in [3.05, 3.63) is 45.7 Å². The summed E-state index contributed by atoms with van der Waals surface area (Å²) in [4.78, 5) is 9.11. The fourth-order valence-electron chi connectivity index (χ4n) is 2.94. The molecule has 2 N–H and O–H groups in total. The highest BCUT2D eigenvalue weighted by molar-refractivity contribution is 6.38. The summed E-state index contributed by atoms with van der Waals surface area (Å²) in [5.74, 6) is 0.564. The van der Waals surface area contributed by atoms with Gasteiger partial charge in [0.25, 0.3) is 0 Å². The summed E-state index contributed by atoms with van der Waals surface area (Å²) in [6, 6.07) is 5.38. The first kappa shape index (κ1) is 14.8. The van der Waals surface area contributed by atoms with E-state index in [-0.39, 0.29) is 11.5 Å². The number of benzene rings is 1. The average Bonchev–Trinajstić information content (AvgIpc) is 2.36. The molecule has 1 aromatic heterocycles. The van der Waals surface area contributed by atoms with Crippen molar-refractivity contribution in [1.29, 1.82) is 0 Å². The van der Waals surface area contributed by atoms with Gasteiger partial charge >= 0.3 is 0 Å². The second-order valence-electron chi connectivity index (χ2n) is 6.34. The molecule has 1 aromatic carbocycles. The third-order valence-corrected chi connectivity index (χ3v) is 4.53. The van der Waals surface area contributed by atoms with Crippen LogP contribution in [-0.4, -0.2) is 9.97 Å². The summed E-state index contributed by atoms with van der Waals surface area (Å²) < 4.78 is 0. The topological polar surface area (TPSA) is 51.8 Å². The Morgan fingerprint density at radius 2 is 1.90 bits per heavy atom. The predicted octanol–water partition coefficient (Wildman–Crippen LogP) is 4.42. The zero-order chi connectivity index (χ0) is 15.2. The van der Waals surface area contributed by atoms with Gasteiger partial charge in [0.15, 0.2) is 5.82 Å². The van der Waals surface area contributed by atoms with Crippen molar-refractivity contribution >= 4 is 23.2 Å². The lowest BCUT2D eigenvalue weighted by Crippen LogP contribution is -2.30. The number of hydrogen-bond acceptors (Lipinski definition) is 3. The molecule has 5 heteroatoms. The maximum absolute atomic E-state index is 6.24. The number of aromatic nitrogens is 2. The van der Waals surface area contributed by atoms with E-state index in [4.69, 9.17) is 33.9 Å². The lowest BCUT2D eigenvalue weighted by molar-refractivity contribution is 0.278. The van der Waals surface area contributed by atoms with Crippen molar-refractivity contribution in [3.8, 4) is 11.4 Å². The van der Waals surface area contributed by atoms with Gasteiger partial charge < -0.3 is 5.73 Å². The Morgan fingerprint density at radius 3 is 2.57 bits per heavy atom. The van der Waals surface area contributed by atoms with E-state index in [1.807, 2.05) is 12.3 Å². The van der Waals surface area contributed by atoms with Gasteiger partial charge in [0, 0.05) is 23.5 Å². The van der Waals surface area contributed by atoms with Crippen molar-refractivity contribution in [2.24, 2.45) is 11.1 Å². The Hall–Kier alpha value is -1.16. The van der Waals surface area contributed by atoms with Gasteiger partial charge in [-0.05, 0) is 30.4 Å². The smallest absolute Gasteiger partial charge is 0.162 e. The zero-order valence-corrected chi connectivity index (χ0v) is 13.5. The van der Waals surface area contributed by atoms with Crippen LogP contribution in [0.4, 0.5) is 0 Å². The van der Waals surface area contributed by atoms with E-state index in [0.29, 0.717) is 21.4 Å². The summed E-state index contributed by atoms with van der Waals surface area (Å²) in [5, 5.41) is 1.11. The monoisotopic (exact) mass is 321 g/mol. The molecule has 0 radical (unpaired) electrons. The number of rotatable bonds is 1. The summed E-state index contributed by atoms with van der Waals surface area (Å²) in [6.07, 6.45) is 3.64.